The third kappa shape index (κ3) is 3.23. The molecule has 1 unspecified atom stereocenters. The molecule has 1 saturated heterocycles. The summed E-state index contributed by atoms with van der Waals surface area (Å²) in [6, 6.07) is 1.83. The van der Waals surface area contributed by atoms with Crippen LogP contribution in [0.15, 0.2) is 11.2 Å². The van der Waals surface area contributed by atoms with E-state index in [1.54, 1.807) is 0 Å². The van der Waals surface area contributed by atoms with Crippen LogP contribution in [0.5, 0.6) is 0 Å². The second-order valence-corrected chi connectivity index (χ2v) is 4.89. The summed E-state index contributed by atoms with van der Waals surface area (Å²) in [6.45, 7) is 4.70. The molecule has 1 aliphatic rings. The van der Waals surface area contributed by atoms with Crippen molar-refractivity contribution in [2.24, 2.45) is 0 Å². The first kappa shape index (κ1) is 12.4. The number of aromatic nitrogens is 2. The SMILES string of the molecule is CSc1nc(N)cc(N2CCCOC(C)C2)n1. The number of nitrogen functional groups attached to an aromatic ring is 1. The molecule has 0 bridgehead atoms. The lowest BCUT2D eigenvalue weighted by Crippen LogP contribution is -2.31. The fourth-order valence-electron chi connectivity index (χ4n) is 1.89. The van der Waals surface area contributed by atoms with E-state index in [4.69, 9.17) is 10.5 Å². The summed E-state index contributed by atoms with van der Waals surface area (Å²) in [5.41, 5.74) is 5.79. The highest BCUT2D eigenvalue weighted by atomic mass is 32.2. The largest absolute Gasteiger partial charge is 0.383 e. The number of nitrogens with two attached hydrogens (primary N) is 1. The molecule has 0 aromatic carbocycles. The van der Waals surface area contributed by atoms with Gasteiger partial charge < -0.3 is 15.4 Å². The summed E-state index contributed by atoms with van der Waals surface area (Å²) in [7, 11) is 0. The first-order chi connectivity index (χ1) is 8.19. The molecule has 1 aromatic rings. The molecule has 0 aliphatic carbocycles. The highest BCUT2D eigenvalue weighted by Gasteiger charge is 2.17. The van der Waals surface area contributed by atoms with Gasteiger partial charge in [-0.25, -0.2) is 9.97 Å². The Labute approximate surface area is 106 Å². The standard InChI is InChI=1S/C11H18N4OS/c1-8-7-15(4-3-5-16-8)10-6-9(12)13-11(14-10)17-2/h6,8H,3-5,7H2,1-2H3,(H2,12,13,14). The first-order valence-electron chi connectivity index (χ1n) is 5.74. The van der Waals surface area contributed by atoms with Gasteiger partial charge in [-0.3, -0.25) is 0 Å². The van der Waals surface area contributed by atoms with Crippen molar-refractivity contribution >= 4 is 23.4 Å². The van der Waals surface area contributed by atoms with Crippen molar-refractivity contribution in [1.29, 1.82) is 0 Å². The molecule has 1 aliphatic heterocycles. The van der Waals surface area contributed by atoms with Crippen LogP contribution < -0.4 is 10.6 Å². The van der Waals surface area contributed by atoms with Crippen LogP contribution in [0, 0.1) is 0 Å². The van der Waals surface area contributed by atoms with E-state index < -0.39 is 0 Å². The number of thioether (sulfide) groups is 1. The fourth-order valence-corrected chi connectivity index (χ4v) is 2.27. The Morgan fingerprint density at radius 3 is 3.12 bits per heavy atom. The average molecular weight is 254 g/mol. The molecule has 1 fully saturated rings. The van der Waals surface area contributed by atoms with Crippen LogP contribution in [0.4, 0.5) is 11.6 Å². The van der Waals surface area contributed by atoms with E-state index in [9.17, 15) is 0 Å². The van der Waals surface area contributed by atoms with Crippen LogP contribution in [-0.2, 0) is 4.74 Å². The molecule has 5 nitrogen and oxygen atoms in total. The van der Waals surface area contributed by atoms with Crippen LogP contribution in [0.1, 0.15) is 13.3 Å². The first-order valence-corrected chi connectivity index (χ1v) is 6.96. The lowest BCUT2D eigenvalue weighted by atomic mass is 10.3. The number of ether oxygens (including phenoxy) is 1. The lowest BCUT2D eigenvalue weighted by Gasteiger charge is -2.23. The van der Waals surface area contributed by atoms with Crippen molar-refractivity contribution in [3.05, 3.63) is 6.07 Å². The molecule has 1 atom stereocenters. The number of nitrogens with zero attached hydrogens (tertiary/aromatic N) is 3. The van der Waals surface area contributed by atoms with E-state index in [0.29, 0.717) is 5.82 Å². The smallest absolute Gasteiger partial charge is 0.191 e. The summed E-state index contributed by atoms with van der Waals surface area (Å²) >= 11 is 1.51. The molecular weight excluding hydrogens is 236 g/mol. The topological polar surface area (TPSA) is 64.3 Å². The van der Waals surface area contributed by atoms with E-state index >= 15 is 0 Å². The molecule has 17 heavy (non-hydrogen) atoms. The van der Waals surface area contributed by atoms with Crippen molar-refractivity contribution < 1.29 is 4.74 Å². The molecular formula is C11H18N4OS. The lowest BCUT2D eigenvalue weighted by molar-refractivity contribution is 0.0820. The van der Waals surface area contributed by atoms with Gasteiger partial charge in [-0.1, -0.05) is 11.8 Å². The van der Waals surface area contributed by atoms with Gasteiger partial charge in [0.05, 0.1) is 6.10 Å². The number of anilines is 2. The van der Waals surface area contributed by atoms with Gasteiger partial charge in [0.15, 0.2) is 5.16 Å². The normalized spacial score (nSPS) is 21.3. The van der Waals surface area contributed by atoms with Crippen LogP contribution in [0.25, 0.3) is 0 Å². The quantitative estimate of drug-likeness (QED) is 0.635. The summed E-state index contributed by atoms with van der Waals surface area (Å²) < 4.78 is 5.62. The maximum atomic E-state index is 5.79. The summed E-state index contributed by atoms with van der Waals surface area (Å²) in [5.74, 6) is 1.43. The Morgan fingerprint density at radius 2 is 2.35 bits per heavy atom. The van der Waals surface area contributed by atoms with Crippen molar-refractivity contribution in [3.8, 4) is 0 Å². The van der Waals surface area contributed by atoms with Crippen LogP contribution in [0.3, 0.4) is 0 Å². The summed E-state index contributed by atoms with van der Waals surface area (Å²) in [6.07, 6.45) is 3.20. The van der Waals surface area contributed by atoms with Crippen LogP contribution in [0.2, 0.25) is 0 Å². The molecule has 2 rings (SSSR count). The molecule has 94 valence electrons. The van der Waals surface area contributed by atoms with Gasteiger partial charge in [-0.15, -0.1) is 0 Å². The van der Waals surface area contributed by atoms with Gasteiger partial charge in [0.2, 0.25) is 0 Å². The maximum absolute atomic E-state index is 5.79. The third-order valence-electron chi connectivity index (χ3n) is 2.67. The van der Waals surface area contributed by atoms with Gasteiger partial charge in [0.1, 0.15) is 11.6 Å². The highest BCUT2D eigenvalue weighted by Crippen LogP contribution is 2.20. The second kappa shape index (κ2) is 5.55. The van der Waals surface area contributed by atoms with E-state index in [0.717, 1.165) is 37.1 Å². The minimum Gasteiger partial charge on any atom is -0.383 e. The van der Waals surface area contributed by atoms with E-state index in [-0.39, 0.29) is 6.10 Å². The number of hydrogen-bond acceptors (Lipinski definition) is 6. The van der Waals surface area contributed by atoms with E-state index in [2.05, 4.69) is 21.8 Å². The molecule has 0 amide bonds. The summed E-state index contributed by atoms with van der Waals surface area (Å²) in [5, 5.41) is 0.720. The summed E-state index contributed by atoms with van der Waals surface area (Å²) in [4.78, 5) is 10.9. The molecule has 2 N–H and O–H groups in total. The molecule has 1 aromatic heterocycles. The van der Waals surface area contributed by atoms with Gasteiger partial charge in [0.25, 0.3) is 0 Å². The van der Waals surface area contributed by atoms with Crippen molar-refractivity contribution in [2.75, 3.05) is 36.6 Å². The molecule has 0 spiro atoms. The Hall–Kier alpha value is -1.01. The minimum atomic E-state index is 0.228. The zero-order valence-electron chi connectivity index (χ0n) is 10.2. The second-order valence-electron chi connectivity index (χ2n) is 4.12. The predicted octanol–water partition coefficient (Wildman–Crippen LogP) is 1.40. The Kier molecular flexibility index (Phi) is 4.06. The molecule has 6 heteroatoms. The fraction of sp³-hybridized carbons (Fsp3) is 0.636. The van der Waals surface area contributed by atoms with Crippen LogP contribution in [-0.4, -0.2) is 42.0 Å². The monoisotopic (exact) mass is 254 g/mol. The Bertz CT molecular complexity index is 388. The highest BCUT2D eigenvalue weighted by molar-refractivity contribution is 7.98. The van der Waals surface area contributed by atoms with Gasteiger partial charge in [-0.05, 0) is 19.6 Å². The third-order valence-corrected chi connectivity index (χ3v) is 3.22. The van der Waals surface area contributed by atoms with Crippen molar-refractivity contribution in [2.45, 2.75) is 24.6 Å². The Balaban J connectivity index is 2.22. The van der Waals surface area contributed by atoms with Gasteiger partial charge in [-0.2, -0.15) is 0 Å². The number of rotatable bonds is 2. The van der Waals surface area contributed by atoms with Gasteiger partial charge in [0, 0.05) is 25.8 Å². The van der Waals surface area contributed by atoms with E-state index in [1.165, 1.54) is 11.8 Å². The Morgan fingerprint density at radius 1 is 1.53 bits per heavy atom. The zero-order valence-corrected chi connectivity index (χ0v) is 11.0. The van der Waals surface area contributed by atoms with Gasteiger partial charge >= 0.3 is 0 Å². The zero-order chi connectivity index (χ0) is 12.3. The predicted molar refractivity (Wildman–Crippen MR) is 70.5 cm³/mol. The van der Waals surface area contributed by atoms with Crippen molar-refractivity contribution in [3.63, 3.8) is 0 Å². The van der Waals surface area contributed by atoms with Crippen LogP contribution >= 0.6 is 11.8 Å². The van der Waals surface area contributed by atoms with Crippen molar-refractivity contribution in [1.82, 2.24) is 9.97 Å². The average Bonchev–Trinajstić information content (AvgIpc) is 2.53. The molecule has 0 saturated carbocycles. The molecule has 0 radical (unpaired) electrons. The minimum absolute atomic E-state index is 0.228. The van der Waals surface area contributed by atoms with E-state index in [1.807, 2.05) is 12.3 Å². The molecule has 2 heterocycles. The number of hydrogen-bond donors (Lipinski definition) is 1. The maximum Gasteiger partial charge on any atom is 0.191 e.